The van der Waals surface area contributed by atoms with E-state index < -0.39 is 6.04 Å². The van der Waals surface area contributed by atoms with Gasteiger partial charge < -0.3 is 15.5 Å². The first kappa shape index (κ1) is 18.5. The molecule has 1 fully saturated rings. The highest BCUT2D eigenvalue weighted by atomic mass is 16.2. The number of benzene rings is 1. The van der Waals surface area contributed by atoms with Crippen LogP contribution in [0.4, 0.5) is 0 Å². The summed E-state index contributed by atoms with van der Waals surface area (Å²) >= 11 is 0. The Kier molecular flexibility index (Phi) is 6.79. The smallest absolute Gasteiger partial charge is 0.243 e. The van der Waals surface area contributed by atoms with Crippen LogP contribution in [-0.2, 0) is 22.7 Å². The molecule has 2 rings (SSSR count). The molecule has 5 nitrogen and oxygen atoms in total. The zero-order valence-electron chi connectivity index (χ0n) is 15.0. The number of nitrogens with one attached hydrogen (secondary N) is 2. The Bertz CT molecular complexity index is 548. The summed E-state index contributed by atoms with van der Waals surface area (Å²) in [6.45, 7) is 2.86. The van der Waals surface area contributed by atoms with Gasteiger partial charge >= 0.3 is 0 Å². The van der Waals surface area contributed by atoms with E-state index in [9.17, 15) is 9.59 Å². The third kappa shape index (κ3) is 5.64. The van der Waals surface area contributed by atoms with Gasteiger partial charge in [0.15, 0.2) is 0 Å². The van der Waals surface area contributed by atoms with Gasteiger partial charge in [-0.1, -0.05) is 37.1 Å². The third-order valence-corrected chi connectivity index (χ3v) is 4.50. The van der Waals surface area contributed by atoms with Crippen molar-refractivity contribution in [3.8, 4) is 0 Å². The number of carbonyl (C=O) groups excluding carboxylic acids is 2. The first-order valence-corrected chi connectivity index (χ1v) is 8.73. The van der Waals surface area contributed by atoms with Crippen molar-refractivity contribution in [3.05, 3.63) is 35.4 Å². The van der Waals surface area contributed by atoms with E-state index in [0.29, 0.717) is 6.54 Å². The zero-order chi connectivity index (χ0) is 17.5. The van der Waals surface area contributed by atoms with Crippen LogP contribution in [0.3, 0.4) is 0 Å². The highest BCUT2D eigenvalue weighted by molar-refractivity contribution is 5.87. The number of hydrogen-bond donors (Lipinski definition) is 2. The van der Waals surface area contributed by atoms with Crippen molar-refractivity contribution in [1.29, 1.82) is 0 Å². The predicted octanol–water partition coefficient (Wildman–Crippen LogP) is 2.06. The lowest BCUT2D eigenvalue weighted by Crippen LogP contribution is -2.49. The van der Waals surface area contributed by atoms with E-state index in [2.05, 4.69) is 27.7 Å². The topological polar surface area (TPSA) is 61.4 Å². The molecule has 0 radical (unpaired) electrons. The van der Waals surface area contributed by atoms with Gasteiger partial charge in [-0.2, -0.15) is 0 Å². The lowest BCUT2D eigenvalue weighted by atomic mass is 9.97. The minimum atomic E-state index is -0.405. The Hall–Kier alpha value is -1.88. The molecule has 2 amide bonds. The number of hydrogen-bond acceptors (Lipinski definition) is 3. The van der Waals surface area contributed by atoms with Gasteiger partial charge in [-0.25, -0.2) is 0 Å². The maximum absolute atomic E-state index is 12.5. The summed E-state index contributed by atoms with van der Waals surface area (Å²) in [5.41, 5.74) is 2.32. The summed E-state index contributed by atoms with van der Waals surface area (Å²) in [5.74, 6) is 0.0425. The van der Waals surface area contributed by atoms with Crippen molar-refractivity contribution >= 4 is 11.8 Å². The fourth-order valence-corrected chi connectivity index (χ4v) is 3.33. The summed E-state index contributed by atoms with van der Waals surface area (Å²) in [7, 11) is 4.08. The summed E-state index contributed by atoms with van der Waals surface area (Å²) in [6.07, 6.45) is 4.30. The van der Waals surface area contributed by atoms with E-state index in [4.69, 9.17) is 0 Å². The molecule has 24 heavy (non-hydrogen) atoms. The maximum Gasteiger partial charge on any atom is 0.243 e. The molecule has 1 saturated carbocycles. The van der Waals surface area contributed by atoms with E-state index in [1.807, 2.05) is 26.2 Å². The molecule has 0 saturated heterocycles. The number of carbonyl (C=O) groups is 2. The molecular formula is C19H29N3O2. The first-order valence-electron chi connectivity index (χ1n) is 8.73. The second-order valence-corrected chi connectivity index (χ2v) is 6.99. The maximum atomic E-state index is 12.5. The molecule has 0 heterocycles. The molecule has 1 atom stereocenters. The predicted molar refractivity (Wildman–Crippen MR) is 95.2 cm³/mol. The van der Waals surface area contributed by atoms with Crippen LogP contribution in [0.2, 0.25) is 0 Å². The SMILES string of the molecule is CC(=O)N[C@@H](C(=O)NCc1ccc(CN(C)C)cc1)C1CCCC1. The van der Waals surface area contributed by atoms with Gasteiger partial charge in [-0.3, -0.25) is 9.59 Å². The molecule has 132 valence electrons. The molecule has 0 spiro atoms. The second kappa shape index (κ2) is 8.83. The normalized spacial score (nSPS) is 16.2. The zero-order valence-corrected chi connectivity index (χ0v) is 15.0. The Balaban J connectivity index is 1.90. The minimum Gasteiger partial charge on any atom is -0.350 e. The van der Waals surface area contributed by atoms with Crippen LogP contribution in [0.25, 0.3) is 0 Å². The summed E-state index contributed by atoms with van der Waals surface area (Å²) < 4.78 is 0. The summed E-state index contributed by atoms with van der Waals surface area (Å²) in [6, 6.07) is 7.86. The van der Waals surface area contributed by atoms with Crippen LogP contribution in [-0.4, -0.2) is 36.9 Å². The molecule has 1 aliphatic carbocycles. The van der Waals surface area contributed by atoms with E-state index in [0.717, 1.165) is 37.8 Å². The molecule has 2 N–H and O–H groups in total. The third-order valence-electron chi connectivity index (χ3n) is 4.50. The molecule has 0 bridgehead atoms. The van der Waals surface area contributed by atoms with Crippen molar-refractivity contribution < 1.29 is 9.59 Å². The monoisotopic (exact) mass is 331 g/mol. The van der Waals surface area contributed by atoms with Gasteiger partial charge in [-0.15, -0.1) is 0 Å². The molecule has 1 aromatic carbocycles. The number of rotatable bonds is 7. The summed E-state index contributed by atoms with van der Waals surface area (Å²) in [4.78, 5) is 26.1. The minimum absolute atomic E-state index is 0.0746. The molecule has 0 aliphatic heterocycles. The fourth-order valence-electron chi connectivity index (χ4n) is 3.33. The van der Waals surface area contributed by atoms with Crippen molar-refractivity contribution in [2.75, 3.05) is 14.1 Å². The average Bonchev–Trinajstić information content (AvgIpc) is 3.05. The Labute approximate surface area is 144 Å². The summed E-state index contributed by atoms with van der Waals surface area (Å²) in [5, 5.41) is 5.81. The molecule has 0 unspecified atom stereocenters. The van der Waals surface area contributed by atoms with E-state index in [1.54, 1.807) is 0 Å². The average molecular weight is 331 g/mol. The molecular weight excluding hydrogens is 302 g/mol. The van der Waals surface area contributed by atoms with Crippen molar-refractivity contribution in [2.45, 2.75) is 51.7 Å². The van der Waals surface area contributed by atoms with Crippen molar-refractivity contribution in [3.63, 3.8) is 0 Å². The molecule has 1 aliphatic rings. The van der Waals surface area contributed by atoms with Gasteiger partial charge in [0.2, 0.25) is 11.8 Å². The van der Waals surface area contributed by atoms with Gasteiger partial charge in [0.1, 0.15) is 6.04 Å². The van der Waals surface area contributed by atoms with Crippen LogP contribution in [0.5, 0.6) is 0 Å². The quantitative estimate of drug-likeness (QED) is 0.804. The van der Waals surface area contributed by atoms with Crippen molar-refractivity contribution in [1.82, 2.24) is 15.5 Å². The highest BCUT2D eigenvalue weighted by Crippen LogP contribution is 2.28. The first-order chi connectivity index (χ1) is 11.5. The standard InChI is InChI=1S/C19H29N3O2/c1-14(23)21-18(17-6-4-5-7-17)19(24)20-12-15-8-10-16(11-9-15)13-22(2)3/h8-11,17-18H,4-7,12-13H2,1-3H3,(H,20,24)(H,21,23)/t18-/m1/s1. The molecule has 1 aromatic rings. The number of nitrogens with zero attached hydrogens (tertiary/aromatic N) is 1. The van der Waals surface area contributed by atoms with E-state index >= 15 is 0 Å². The molecule has 0 aromatic heterocycles. The van der Waals surface area contributed by atoms with Gasteiger partial charge in [-0.05, 0) is 44.0 Å². The fraction of sp³-hybridized carbons (Fsp3) is 0.579. The Morgan fingerprint density at radius 1 is 1.12 bits per heavy atom. The van der Waals surface area contributed by atoms with Gasteiger partial charge in [0, 0.05) is 20.0 Å². The lowest BCUT2D eigenvalue weighted by molar-refractivity contribution is -0.129. The van der Waals surface area contributed by atoms with Gasteiger partial charge in [0.05, 0.1) is 0 Å². The lowest BCUT2D eigenvalue weighted by Gasteiger charge is -2.23. The van der Waals surface area contributed by atoms with Crippen molar-refractivity contribution in [2.24, 2.45) is 5.92 Å². The second-order valence-electron chi connectivity index (χ2n) is 6.99. The van der Waals surface area contributed by atoms with E-state index in [1.165, 1.54) is 12.5 Å². The van der Waals surface area contributed by atoms with Crippen LogP contribution in [0.1, 0.15) is 43.7 Å². The van der Waals surface area contributed by atoms with E-state index in [-0.39, 0.29) is 17.7 Å². The van der Waals surface area contributed by atoms with Crippen LogP contribution < -0.4 is 10.6 Å². The Morgan fingerprint density at radius 3 is 2.25 bits per heavy atom. The largest absolute Gasteiger partial charge is 0.350 e. The highest BCUT2D eigenvalue weighted by Gasteiger charge is 2.31. The van der Waals surface area contributed by atoms with Crippen LogP contribution in [0, 0.1) is 5.92 Å². The van der Waals surface area contributed by atoms with Crippen LogP contribution >= 0.6 is 0 Å². The van der Waals surface area contributed by atoms with Gasteiger partial charge in [0.25, 0.3) is 0 Å². The van der Waals surface area contributed by atoms with Crippen LogP contribution in [0.15, 0.2) is 24.3 Å². The number of amides is 2. The Morgan fingerprint density at radius 2 is 1.71 bits per heavy atom. The molecule has 5 heteroatoms.